The molecule has 11 heteroatoms. The van der Waals surface area contributed by atoms with E-state index >= 15 is 0 Å². The maximum absolute atomic E-state index is 14.6. The van der Waals surface area contributed by atoms with E-state index in [1.807, 2.05) is 13.1 Å². The number of hydrogen-bond donors (Lipinski definition) is 4. The van der Waals surface area contributed by atoms with Crippen LogP contribution < -0.4 is 15.4 Å². The first-order chi connectivity index (χ1) is 17.4. The summed E-state index contributed by atoms with van der Waals surface area (Å²) in [5.41, 5.74) is 5.86. The molecule has 1 saturated heterocycles. The number of urea groups is 1. The molecule has 0 aromatic heterocycles. The lowest BCUT2D eigenvalue weighted by Crippen LogP contribution is -2.44. The van der Waals surface area contributed by atoms with Crippen LogP contribution in [0, 0.1) is 5.41 Å². The van der Waals surface area contributed by atoms with Gasteiger partial charge < -0.3 is 25.5 Å². The van der Waals surface area contributed by atoms with E-state index in [4.69, 9.17) is 18.9 Å². The number of fused-ring (bicyclic) bond motifs is 2. The number of nitrogens with zero attached hydrogens (tertiary/aromatic N) is 1. The maximum atomic E-state index is 14.6. The molecule has 2 aliphatic carbocycles. The molecule has 1 aliphatic heterocycles. The van der Waals surface area contributed by atoms with E-state index in [2.05, 4.69) is 42.2 Å². The summed E-state index contributed by atoms with van der Waals surface area (Å²) >= 11 is 0. The van der Waals surface area contributed by atoms with E-state index in [1.165, 1.54) is 22.3 Å². The molecule has 3 aliphatic rings. The summed E-state index contributed by atoms with van der Waals surface area (Å²) in [4.78, 5) is 13.6. The van der Waals surface area contributed by atoms with Crippen molar-refractivity contribution in [2.75, 3.05) is 25.6 Å². The lowest BCUT2D eigenvalue weighted by atomic mass is 9.99. The van der Waals surface area contributed by atoms with Gasteiger partial charge in [-0.05, 0) is 78.9 Å². The fourth-order valence-corrected chi connectivity index (χ4v) is 10.1. The Labute approximate surface area is 222 Å². The highest BCUT2D eigenvalue weighted by atomic mass is 32.2. The Morgan fingerprint density at radius 3 is 2.32 bits per heavy atom. The number of anilines is 1. The maximum Gasteiger partial charge on any atom is 0.331 e. The van der Waals surface area contributed by atoms with Crippen LogP contribution in [0.2, 0.25) is 18.1 Å². The number of benzene rings is 1. The average molecular weight is 548 g/mol. The van der Waals surface area contributed by atoms with Crippen molar-refractivity contribution in [1.82, 2.24) is 10.0 Å². The molecule has 1 aromatic rings. The molecule has 0 saturated carbocycles. The summed E-state index contributed by atoms with van der Waals surface area (Å²) in [5, 5.41) is 14.1. The minimum absolute atomic E-state index is 0.0329. The number of hydrogen-bond acceptors (Lipinski definition) is 7. The molecule has 0 bridgehead atoms. The van der Waals surface area contributed by atoms with Crippen molar-refractivity contribution in [2.24, 2.45) is 4.03 Å². The predicted octanol–water partition coefficient (Wildman–Crippen LogP) is 4.63. The largest absolute Gasteiger partial charge is 0.475 e. The van der Waals surface area contributed by atoms with E-state index in [0.717, 1.165) is 50.4 Å². The summed E-state index contributed by atoms with van der Waals surface area (Å²) in [6.45, 7) is 10.9. The van der Waals surface area contributed by atoms with Crippen LogP contribution in [0.25, 0.3) is 0 Å². The molecular weight excluding hydrogens is 506 g/mol. The van der Waals surface area contributed by atoms with Crippen molar-refractivity contribution in [3.05, 3.63) is 39.1 Å². The first-order valence-electron chi connectivity index (χ1n) is 13.1. The molecular formula is C26H41N5O4SSi. The molecule has 0 radical (unpaired) electrons. The van der Waals surface area contributed by atoms with Gasteiger partial charge in [-0.1, -0.05) is 26.8 Å². The van der Waals surface area contributed by atoms with Gasteiger partial charge in [-0.2, -0.15) is 0 Å². The van der Waals surface area contributed by atoms with Gasteiger partial charge in [0, 0.05) is 25.6 Å². The number of aryl methyl sites for hydroxylation is 2. The molecule has 1 aromatic carbocycles. The van der Waals surface area contributed by atoms with Crippen molar-refractivity contribution in [2.45, 2.75) is 83.5 Å². The van der Waals surface area contributed by atoms with Crippen molar-refractivity contribution in [1.29, 1.82) is 5.41 Å². The van der Waals surface area contributed by atoms with Crippen molar-refractivity contribution in [3.63, 3.8) is 0 Å². The van der Waals surface area contributed by atoms with Crippen LogP contribution in [0.3, 0.4) is 0 Å². The quantitative estimate of drug-likeness (QED) is 0.305. The second-order valence-corrected chi connectivity index (χ2v) is 18.6. The molecule has 2 atom stereocenters. The molecule has 1 fully saturated rings. The van der Waals surface area contributed by atoms with Gasteiger partial charge in [0.25, 0.3) is 0 Å². The second-order valence-electron chi connectivity index (χ2n) is 11.6. The van der Waals surface area contributed by atoms with Crippen LogP contribution in [-0.4, -0.2) is 51.1 Å². The molecule has 204 valence electrons. The average Bonchev–Trinajstić information content (AvgIpc) is 3.48. The zero-order chi connectivity index (χ0) is 27.0. The standard InChI is InChI=1S/C26H41N5O4SSi/c1-26(2,3)37(5,6)31-36(33,22(14-27)24-28-15-19(34-4)16-35-24)30-25(32)29-23-20-11-7-9-17(20)13-18-10-8-12-21(18)23/h13-14,19,27-28H,7-12,15-16H2,1-6H3,(H2,29,30,31,32,33)/b24-22-,27-14?/t19-,36?/m0/s1. The molecule has 1 unspecified atom stereocenters. The van der Waals surface area contributed by atoms with Crippen LogP contribution >= 0.6 is 0 Å². The summed E-state index contributed by atoms with van der Waals surface area (Å²) in [6.07, 6.45) is 6.85. The normalized spacial score (nSPS) is 22.1. The lowest BCUT2D eigenvalue weighted by molar-refractivity contribution is 0.00302. The minimum atomic E-state index is -3.56. The van der Waals surface area contributed by atoms with E-state index < -0.39 is 24.2 Å². The van der Waals surface area contributed by atoms with Crippen LogP contribution in [-0.2, 0) is 45.1 Å². The monoisotopic (exact) mass is 547 g/mol. The molecule has 9 nitrogen and oxygen atoms in total. The SMILES string of the molecule is CO[C@H]1CN/C(=C(\C=N)S(=O)(=N[Si](C)(C)C(C)(C)C)NC(=O)Nc2c3c(cc4c2CCC4)CCC3)OC1. The number of carbonyl (C=O) groups is 1. The van der Waals surface area contributed by atoms with Crippen LogP contribution in [0.15, 0.2) is 20.9 Å². The molecule has 4 N–H and O–H groups in total. The summed E-state index contributed by atoms with van der Waals surface area (Å²) in [6, 6.07) is 1.73. The number of rotatable bonds is 6. The molecule has 0 spiro atoms. The zero-order valence-electron chi connectivity index (χ0n) is 22.9. The van der Waals surface area contributed by atoms with Gasteiger partial charge >= 0.3 is 6.03 Å². The minimum Gasteiger partial charge on any atom is -0.475 e. The van der Waals surface area contributed by atoms with Crippen molar-refractivity contribution >= 4 is 36.1 Å². The highest BCUT2D eigenvalue weighted by molar-refractivity contribution is 7.97. The van der Waals surface area contributed by atoms with Crippen LogP contribution in [0.4, 0.5) is 10.5 Å². The van der Waals surface area contributed by atoms with Gasteiger partial charge in [-0.3, -0.25) is 4.03 Å². The number of nitrogens with one attached hydrogen (secondary N) is 4. The third-order valence-corrected chi connectivity index (χ3v) is 15.9. The fraction of sp³-hybridized carbons (Fsp3) is 0.615. The molecule has 4 rings (SSSR count). The van der Waals surface area contributed by atoms with Crippen LogP contribution in [0.5, 0.6) is 0 Å². The van der Waals surface area contributed by atoms with Gasteiger partial charge in [0.05, 0.1) is 0 Å². The predicted molar refractivity (Wildman–Crippen MR) is 151 cm³/mol. The summed E-state index contributed by atoms with van der Waals surface area (Å²) in [7, 11) is -4.50. The number of methoxy groups -OCH3 is 1. The Hall–Kier alpha value is -2.37. The Bertz CT molecular complexity index is 1200. The van der Waals surface area contributed by atoms with Crippen molar-refractivity contribution < 1.29 is 18.5 Å². The molecule has 2 amide bonds. The zero-order valence-corrected chi connectivity index (χ0v) is 24.7. The van der Waals surface area contributed by atoms with E-state index in [0.29, 0.717) is 6.54 Å². The Morgan fingerprint density at radius 1 is 1.22 bits per heavy atom. The number of carbonyl (C=O) groups excluding carboxylic acids is 1. The first kappa shape index (κ1) is 27.7. The van der Waals surface area contributed by atoms with Crippen LogP contribution in [0.1, 0.15) is 55.9 Å². The smallest absolute Gasteiger partial charge is 0.331 e. The topological polar surface area (TPSA) is 125 Å². The summed E-state index contributed by atoms with van der Waals surface area (Å²) in [5.74, 6) is 0.192. The Kier molecular flexibility index (Phi) is 7.78. The highest BCUT2D eigenvalue weighted by Gasteiger charge is 2.39. The fourth-order valence-electron chi connectivity index (χ4n) is 4.89. The van der Waals surface area contributed by atoms with E-state index in [1.54, 1.807) is 7.11 Å². The third kappa shape index (κ3) is 5.58. The third-order valence-electron chi connectivity index (χ3n) is 8.02. The van der Waals surface area contributed by atoms with E-state index in [-0.39, 0.29) is 28.5 Å². The van der Waals surface area contributed by atoms with Gasteiger partial charge in [0.2, 0.25) is 5.88 Å². The van der Waals surface area contributed by atoms with Gasteiger partial charge in [0.15, 0.2) is 18.2 Å². The molecule has 37 heavy (non-hydrogen) atoms. The van der Waals surface area contributed by atoms with E-state index in [9.17, 15) is 9.00 Å². The lowest BCUT2D eigenvalue weighted by Gasteiger charge is -2.34. The van der Waals surface area contributed by atoms with Gasteiger partial charge in [-0.15, -0.1) is 0 Å². The van der Waals surface area contributed by atoms with Gasteiger partial charge in [0.1, 0.15) is 17.6 Å². The Balaban J connectivity index is 1.73. The van der Waals surface area contributed by atoms with Gasteiger partial charge in [-0.25, -0.2) is 13.7 Å². The number of ether oxygens (including phenoxy) is 2. The Morgan fingerprint density at radius 2 is 1.84 bits per heavy atom. The first-order valence-corrected chi connectivity index (χ1v) is 17.5. The summed E-state index contributed by atoms with van der Waals surface area (Å²) < 4.78 is 33.3. The number of allylic oxidation sites excluding steroid dienone is 1. The second kappa shape index (κ2) is 10.4. The highest BCUT2D eigenvalue weighted by Crippen LogP contribution is 2.40. The molecule has 1 heterocycles. The number of amides is 2. The van der Waals surface area contributed by atoms with Crippen molar-refractivity contribution in [3.8, 4) is 0 Å².